The molecule has 0 aromatic heterocycles. The molecule has 0 aromatic carbocycles. The van der Waals surface area contributed by atoms with Crippen LogP contribution in [0.3, 0.4) is 0 Å². The van der Waals surface area contributed by atoms with Gasteiger partial charge in [-0.3, -0.25) is 4.90 Å². The molecule has 2 unspecified atom stereocenters. The molecule has 0 amide bonds. The third kappa shape index (κ3) is 3.56. The highest BCUT2D eigenvalue weighted by atomic mass is 32.2. The lowest BCUT2D eigenvalue weighted by molar-refractivity contribution is 0.107. The van der Waals surface area contributed by atoms with Gasteiger partial charge in [0.05, 0.1) is 0 Å². The summed E-state index contributed by atoms with van der Waals surface area (Å²) in [6.45, 7) is 10.6. The Kier molecular flexibility index (Phi) is 4.50. The van der Waals surface area contributed by atoms with Gasteiger partial charge in [0.1, 0.15) is 0 Å². The fraction of sp³-hybridized carbons (Fsp3) is 1.00. The van der Waals surface area contributed by atoms with E-state index in [-0.39, 0.29) is 0 Å². The van der Waals surface area contributed by atoms with Crippen molar-refractivity contribution in [2.75, 3.05) is 36.9 Å². The van der Waals surface area contributed by atoms with E-state index in [2.05, 4.69) is 54.5 Å². The van der Waals surface area contributed by atoms with Gasteiger partial charge in [0, 0.05) is 53.7 Å². The zero-order chi connectivity index (χ0) is 11.6. The number of hydrogen-bond acceptors (Lipinski definition) is 4. The molecule has 94 valence electrons. The molecule has 16 heavy (non-hydrogen) atoms. The number of nitrogens with one attached hydrogen (secondary N) is 1. The van der Waals surface area contributed by atoms with Crippen molar-refractivity contribution < 1.29 is 0 Å². The summed E-state index contributed by atoms with van der Waals surface area (Å²) in [4.78, 5) is 2.68. The lowest BCUT2D eigenvalue weighted by atomic mass is 9.99. The molecule has 1 N–H and O–H groups in total. The van der Waals surface area contributed by atoms with E-state index in [1.54, 1.807) is 0 Å². The van der Waals surface area contributed by atoms with E-state index in [1.807, 2.05) is 0 Å². The standard InChI is InChI=1S/C12H24N2S2/c1-10-6-13-12(2,3)9-14(10)7-11-8-15-4-5-16-11/h10-11,13H,4-9H2,1-3H3. The number of thioether (sulfide) groups is 2. The van der Waals surface area contributed by atoms with Gasteiger partial charge in [0.2, 0.25) is 0 Å². The first-order chi connectivity index (χ1) is 7.57. The van der Waals surface area contributed by atoms with Crippen LogP contribution in [0.4, 0.5) is 0 Å². The monoisotopic (exact) mass is 260 g/mol. The molecule has 4 heteroatoms. The molecule has 2 fully saturated rings. The third-order valence-corrected chi connectivity index (χ3v) is 6.25. The normalized spacial score (nSPS) is 36.2. The van der Waals surface area contributed by atoms with Crippen molar-refractivity contribution >= 4 is 23.5 Å². The summed E-state index contributed by atoms with van der Waals surface area (Å²) in [7, 11) is 0. The number of rotatable bonds is 2. The summed E-state index contributed by atoms with van der Waals surface area (Å²) in [6, 6.07) is 0.695. The van der Waals surface area contributed by atoms with Crippen molar-refractivity contribution in [3.63, 3.8) is 0 Å². The minimum absolute atomic E-state index is 0.291. The van der Waals surface area contributed by atoms with Crippen LogP contribution in [0.5, 0.6) is 0 Å². The average Bonchev–Trinajstić information content (AvgIpc) is 2.25. The Labute approximate surface area is 108 Å². The van der Waals surface area contributed by atoms with Crippen LogP contribution in [0, 0.1) is 0 Å². The fourth-order valence-electron chi connectivity index (χ4n) is 2.42. The van der Waals surface area contributed by atoms with Crippen LogP contribution in [0.15, 0.2) is 0 Å². The average molecular weight is 260 g/mol. The number of nitrogens with zero attached hydrogens (tertiary/aromatic N) is 1. The second-order valence-electron chi connectivity index (χ2n) is 5.61. The van der Waals surface area contributed by atoms with Gasteiger partial charge in [-0.2, -0.15) is 23.5 Å². The van der Waals surface area contributed by atoms with Gasteiger partial charge >= 0.3 is 0 Å². The highest BCUT2D eigenvalue weighted by molar-refractivity contribution is 8.06. The first-order valence-corrected chi connectivity index (χ1v) is 8.46. The van der Waals surface area contributed by atoms with E-state index in [0.717, 1.165) is 11.8 Å². The Bertz CT molecular complexity index is 227. The molecule has 2 aliphatic rings. The summed E-state index contributed by atoms with van der Waals surface area (Å²) < 4.78 is 0. The number of piperazine rings is 1. The maximum absolute atomic E-state index is 3.62. The molecule has 0 saturated carbocycles. The van der Waals surface area contributed by atoms with Crippen LogP contribution in [-0.2, 0) is 0 Å². The minimum Gasteiger partial charge on any atom is -0.309 e. The first kappa shape index (κ1) is 13.1. The molecule has 2 saturated heterocycles. The Balaban J connectivity index is 1.86. The van der Waals surface area contributed by atoms with Crippen LogP contribution in [0.1, 0.15) is 20.8 Å². The van der Waals surface area contributed by atoms with E-state index in [0.29, 0.717) is 11.6 Å². The lowest BCUT2D eigenvalue weighted by Gasteiger charge is -2.44. The Morgan fingerprint density at radius 1 is 1.38 bits per heavy atom. The van der Waals surface area contributed by atoms with Crippen LogP contribution >= 0.6 is 23.5 Å². The summed E-state index contributed by atoms with van der Waals surface area (Å²) >= 11 is 4.31. The lowest BCUT2D eigenvalue weighted by Crippen LogP contribution is -2.61. The minimum atomic E-state index is 0.291. The summed E-state index contributed by atoms with van der Waals surface area (Å²) in [5.74, 6) is 4.05. The maximum Gasteiger partial charge on any atom is 0.0265 e. The molecule has 2 aliphatic heterocycles. The molecule has 0 aromatic rings. The fourth-order valence-corrected chi connectivity index (χ4v) is 5.12. The van der Waals surface area contributed by atoms with Crippen molar-refractivity contribution in [2.24, 2.45) is 0 Å². The molecule has 0 radical (unpaired) electrons. The Hall–Kier alpha value is 0.620. The van der Waals surface area contributed by atoms with Gasteiger partial charge in [-0.1, -0.05) is 0 Å². The SMILES string of the molecule is CC1CNC(C)(C)CN1CC1CSCCS1. The molecule has 0 aliphatic carbocycles. The van der Waals surface area contributed by atoms with Gasteiger partial charge in [0.15, 0.2) is 0 Å². The van der Waals surface area contributed by atoms with Crippen LogP contribution in [-0.4, -0.2) is 58.6 Å². The molecule has 2 nitrogen and oxygen atoms in total. The van der Waals surface area contributed by atoms with Crippen molar-refractivity contribution in [3.8, 4) is 0 Å². The Morgan fingerprint density at radius 3 is 2.88 bits per heavy atom. The predicted octanol–water partition coefficient (Wildman–Crippen LogP) is 1.91. The zero-order valence-corrected chi connectivity index (χ0v) is 12.3. The molecule has 0 spiro atoms. The second kappa shape index (κ2) is 5.51. The van der Waals surface area contributed by atoms with Crippen LogP contribution in [0.2, 0.25) is 0 Å². The van der Waals surface area contributed by atoms with Crippen LogP contribution in [0.25, 0.3) is 0 Å². The van der Waals surface area contributed by atoms with Gasteiger partial charge < -0.3 is 5.32 Å². The van der Waals surface area contributed by atoms with Crippen molar-refractivity contribution in [1.29, 1.82) is 0 Å². The quantitative estimate of drug-likeness (QED) is 0.815. The van der Waals surface area contributed by atoms with E-state index in [9.17, 15) is 0 Å². The highest BCUT2D eigenvalue weighted by Gasteiger charge is 2.31. The second-order valence-corrected chi connectivity index (χ2v) is 8.17. The Morgan fingerprint density at radius 2 is 2.19 bits per heavy atom. The van der Waals surface area contributed by atoms with Crippen molar-refractivity contribution in [1.82, 2.24) is 10.2 Å². The maximum atomic E-state index is 3.62. The molecular formula is C12H24N2S2. The molecular weight excluding hydrogens is 236 g/mol. The molecule has 2 rings (SSSR count). The van der Waals surface area contributed by atoms with Crippen molar-refractivity contribution in [3.05, 3.63) is 0 Å². The predicted molar refractivity (Wildman–Crippen MR) is 76.7 cm³/mol. The highest BCUT2D eigenvalue weighted by Crippen LogP contribution is 2.26. The van der Waals surface area contributed by atoms with Gasteiger partial charge in [-0.15, -0.1) is 0 Å². The molecule has 2 heterocycles. The van der Waals surface area contributed by atoms with E-state index in [4.69, 9.17) is 0 Å². The largest absolute Gasteiger partial charge is 0.309 e. The molecule has 2 atom stereocenters. The first-order valence-electron chi connectivity index (χ1n) is 6.25. The summed E-state index contributed by atoms with van der Waals surface area (Å²) in [5, 5.41) is 4.48. The number of hydrogen-bond donors (Lipinski definition) is 1. The smallest absolute Gasteiger partial charge is 0.0265 e. The third-order valence-electron chi connectivity index (χ3n) is 3.42. The summed E-state index contributed by atoms with van der Waals surface area (Å²) in [5.41, 5.74) is 0.291. The van der Waals surface area contributed by atoms with E-state index >= 15 is 0 Å². The van der Waals surface area contributed by atoms with E-state index < -0.39 is 0 Å². The van der Waals surface area contributed by atoms with Gasteiger partial charge in [-0.25, -0.2) is 0 Å². The molecule has 0 bridgehead atoms. The topological polar surface area (TPSA) is 15.3 Å². The van der Waals surface area contributed by atoms with Gasteiger partial charge in [-0.05, 0) is 20.8 Å². The van der Waals surface area contributed by atoms with E-state index in [1.165, 1.54) is 30.3 Å². The summed E-state index contributed by atoms with van der Waals surface area (Å²) in [6.07, 6.45) is 0. The zero-order valence-electron chi connectivity index (χ0n) is 10.7. The van der Waals surface area contributed by atoms with Crippen LogP contribution < -0.4 is 5.32 Å². The van der Waals surface area contributed by atoms with Gasteiger partial charge in [0.25, 0.3) is 0 Å². The van der Waals surface area contributed by atoms with Crippen molar-refractivity contribution in [2.45, 2.75) is 37.6 Å².